The topological polar surface area (TPSA) is 65.5 Å². The van der Waals surface area contributed by atoms with Crippen molar-refractivity contribution in [2.75, 3.05) is 19.6 Å². The molecule has 0 bridgehead atoms. The van der Waals surface area contributed by atoms with E-state index in [0.29, 0.717) is 38.4 Å². The third-order valence-electron chi connectivity index (χ3n) is 4.17. The number of hydrogen-bond donors (Lipinski definition) is 3. The SMILES string of the molecule is CCNC(=NCCNC(=O)C(C)(C)C)NC1CCCC(C(F)(F)F)C1.I. The van der Waals surface area contributed by atoms with Crippen LogP contribution < -0.4 is 16.0 Å². The van der Waals surface area contributed by atoms with Crippen LogP contribution in [0.25, 0.3) is 0 Å². The van der Waals surface area contributed by atoms with Crippen molar-refractivity contribution in [3.63, 3.8) is 0 Å². The quantitative estimate of drug-likeness (QED) is 0.239. The Morgan fingerprint density at radius 1 is 1.15 bits per heavy atom. The lowest BCUT2D eigenvalue weighted by Gasteiger charge is -2.32. The molecule has 26 heavy (non-hydrogen) atoms. The van der Waals surface area contributed by atoms with Crippen LogP contribution in [-0.2, 0) is 4.79 Å². The molecular formula is C17H32F3IN4O. The molecule has 1 rings (SSSR count). The van der Waals surface area contributed by atoms with Crippen LogP contribution in [0.15, 0.2) is 4.99 Å². The van der Waals surface area contributed by atoms with Crippen molar-refractivity contribution in [1.29, 1.82) is 0 Å². The smallest absolute Gasteiger partial charge is 0.357 e. The first-order valence-electron chi connectivity index (χ1n) is 8.94. The third kappa shape index (κ3) is 9.27. The average molecular weight is 492 g/mol. The van der Waals surface area contributed by atoms with Gasteiger partial charge in [0.15, 0.2) is 5.96 Å². The van der Waals surface area contributed by atoms with Crippen molar-refractivity contribution in [3.8, 4) is 0 Å². The first-order chi connectivity index (χ1) is 11.5. The summed E-state index contributed by atoms with van der Waals surface area (Å²) in [5, 5.41) is 8.95. The highest BCUT2D eigenvalue weighted by Gasteiger charge is 2.42. The molecule has 0 aliphatic heterocycles. The zero-order valence-electron chi connectivity index (χ0n) is 16.0. The molecule has 1 saturated carbocycles. The second kappa shape index (κ2) is 11.2. The minimum Gasteiger partial charge on any atom is -0.357 e. The molecule has 2 unspecified atom stereocenters. The van der Waals surface area contributed by atoms with Crippen LogP contribution in [0.1, 0.15) is 53.4 Å². The van der Waals surface area contributed by atoms with Crippen LogP contribution in [-0.4, -0.2) is 43.7 Å². The van der Waals surface area contributed by atoms with Gasteiger partial charge in [-0.25, -0.2) is 0 Å². The van der Waals surface area contributed by atoms with Crippen molar-refractivity contribution in [3.05, 3.63) is 0 Å². The summed E-state index contributed by atoms with van der Waals surface area (Å²) >= 11 is 0. The number of halogens is 4. The molecule has 0 aromatic heterocycles. The van der Waals surface area contributed by atoms with Gasteiger partial charge in [0.05, 0.1) is 12.5 Å². The van der Waals surface area contributed by atoms with Gasteiger partial charge < -0.3 is 16.0 Å². The first kappa shape index (κ1) is 25.3. The summed E-state index contributed by atoms with van der Waals surface area (Å²) < 4.78 is 38.7. The van der Waals surface area contributed by atoms with Gasteiger partial charge in [-0.3, -0.25) is 9.79 Å². The lowest BCUT2D eigenvalue weighted by molar-refractivity contribution is -0.183. The predicted octanol–water partition coefficient (Wildman–Crippen LogP) is 3.44. The summed E-state index contributed by atoms with van der Waals surface area (Å²) in [5.74, 6) is -0.797. The second-order valence-corrected chi connectivity index (χ2v) is 7.51. The monoisotopic (exact) mass is 492 g/mol. The van der Waals surface area contributed by atoms with Crippen molar-refractivity contribution in [2.45, 2.75) is 65.6 Å². The normalized spacial score (nSPS) is 21.6. The first-order valence-corrected chi connectivity index (χ1v) is 8.94. The summed E-state index contributed by atoms with van der Waals surface area (Å²) in [6, 6.07) is -0.234. The standard InChI is InChI=1S/C17H31F3N4O.HI/c1-5-21-15(23-10-9-22-14(25)16(2,3)4)24-13-8-6-7-12(11-13)17(18,19)20;/h12-13H,5-11H2,1-4H3,(H,22,25)(H2,21,23,24);1H. The number of nitrogens with one attached hydrogen (secondary N) is 3. The fraction of sp³-hybridized carbons (Fsp3) is 0.882. The fourth-order valence-corrected chi connectivity index (χ4v) is 2.73. The molecule has 0 aromatic rings. The highest BCUT2D eigenvalue weighted by Crippen LogP contribution is 2.37. The maximum absolute atomic E-state index is 12.9. The van der Waals surface area contributed by atoms with E-state index in [4.69, 9.17) is 0 Å². The Bertz CT molecular complexity index is 464. The zero-order valence-corrected chi connectivity index (χ0v) is 18.3. The van der Waals surface area contributed by atoms with E-state index in [0.717, 1.165) is 0 Å². The van der Waals surface area contributed by atoms with Crippen LogP contribution in [0.4, 0.5) is 13.2 Å². The van der Waals surface area contributed by atoms with Gasteiger partial charge in [-0.1, -0.05) is 27.2 Å². The number of carbonyl (C=O) groups excluding carboxylic acids is 1. The maximum Gasteiger partial charge on any atom is 0.391 e. The molecule has 0 spiro atoms. The summed E-state index contributed by atoms with van der Waals surface area (Å²) in [6.07, 6.45) is -2.59. The highest BCUT2D eigenvalue weighted by atomic mass is 127. The maximum atomic E-state index is 12.9. The lowest BCUT2D eigenvalue weighted by Crippen LogP contribution is -2.47. The number of carbonyl (C=O) groups is 1. The third-order valence-corrected chi connectivity index (χ3v) is 4.17. The molecule has 3 N–H and O–H groups in total. The lowest BCUT2D eigenvalue weighted by atomic mass is 9.85. The van der Waals surface area contributed by atoms with Crippen molar-refractivity contribution in [2.24, 2.45) is 16.3 Å². The van der Waals surface area contributed by atoms with E-state index >= 15 is 0 Å². The summed E-state index contributed by atoms with van der Waals surface area (Å²) in [6.45, 7) is 8.77. The number of alkyl halides is 3. The Balaban J connectivity index is 0.00000625. The van der Waals surface area contributed by atoms with Gasteiger partial charge in [0.25, 0.3) is 0 Å². The van der Waals surface area contributed by atoms with Gasteiger partial charge in [-0.05, 0) is 26.2 Å². The van der Waals surface area contributed by atoms with Crippen LogP contribution in [0.2, 0.25) is 0 Å². The highest BCUT2D eigenvalue weighted by molar-refractivity contribution is 14.0. The molecule has 1 aliphatic rings. The van der Waals surface area contributed by atoms with E-state index in [-0.39, 0.29) is 48.8 Å². The van der Waals surface area contributed by atoms with Crippen molar-refractivity contribution >= 4 is 35.8 Å². The zero-order chi connectivity index (χ0) is 19.1. The van der Waals surface area contributed by atoms with Crippen LogP contribution in [0.5, 0.6) is 0 Å². The van der Waals surface area contributed by atoms with Gasteiger partial charge in [0.1, 0.15) is 0 Å². The Morgan fingerprint density at radius 3 is 2.35 bits per heavy atom. The number of amides is 1. The molecule has 0 radical (unpaired) electrons. The Kier molecular flexibility index (Phi) is 10.9. The van der Waals surface area contributed by atoms with Gasteiger partial charge in [0, 0.05) is 24.5 Å². The molecule has 0 saturated heterocycles. The van der Waals surface area contributed by atoms with Gasteiger partial charge in [-0.2, -0.15) is 13.2 Å². The van der Waals surface area contributed by atoms with E-state index in [1.54, 1.807) is 0 Å². The number of guanidine groups is 1. The van der Waals surface area contributed by atoms with Gasteiger partial charge in [-0.15, -0.1) is 24.0 Å². The van der Waals surface area contributed by atoms with E-state index in [2.05, 4.69) is 20.9 Å². The second-order valence-electron chi connectivity index (χ2n) is 7.51. The minimum absolute atomic E-state index is 0. The van der Waals surface area contributed by atoms with Crippen LogP contribution in [0.3, 0.4) is 0 Å². The largest absolute Gasteiger partial charge is 0.391 e. The minimum atomic E-state index is -4.13. The van der Waals surface area contributed by atoms with Crippen molar-refractivity contribution < 1.29 is 18.0 Å². The molecule has 1 fully saturated rings. The van der Waals surface area contributed by atoms with Crippen LogP contribution in [0, 0.1) is 11.3 Å². The van der Waals surface area contributed by atoms with Gasteiger partial charge in [0.2, 0.25) is 5.91 Å². The summed E-state index contributed by atoms with van der Waals surface area (Å²) in [5.41, 5.74) is -0.457. The molecule has 1 aliphatic carbocycles. The molecule has 1 amide bonds. The molecule has 0 aromatic carbocycles. The molecule has 9 heteroatoms. The molecule has 0 heterocycles. The number of nitrogens with zero attached hydrogens (tertiary/aromatic N) is 1. The molecule has 2 atom stereocenters. The van der Waals surface area contributed by atoms with E-state index in [1.165, 1.54) is 0 Å². The average Bonchev–Trinajstić information content (AvgIpc) is 2.50. The molecule has 154 valence electrons. The van der Waals surface area contributed by atoms with Crippen molar-refractivity contribution in [1.82, 2.24) is 16.0 Å². The fourth-order valence-electron chi connectivity index (χ4n) is 2.73. The number of rotatable bonds is 5. The molecular weight excluding hydrogens is 460 g/mol. The van der Waals surface area contributed by atoms with Crippen LogP contribution >= 0.6 is 24.0 Å². The number of hydrogen-bond acceptors (Lipinski definition) is 2. The Hall–Kier alpha value is -0.740. The summed E-state index contributed by atoms with van der Waals surface area (Å²) in [7, 11) is 0. The van der Waals surface area contributed by atoms with E-state index in [9.17, 15) is 18.0 Å². The van der Waals surface area contributed by atoms with E-state index in [1.807, 2.05) is 27.7 Å². The van der Waals surface area contributed by atoms with Gasteiger partial charge >= 0.3 is 6.18 Å². The Morgan fingerprint density at radius 2 is 1.81 bits per heavy atom. The molecule has 5 nitrogen and oxygen atoms in total. The predicted molar refractivity (Wildman–Crippen MR) is 109 cm³/mol. The number of aliphatic imine (C=N–C) groups is 1. The Labute approximate surface area is 171 Å². The van der Waals surface area contributed by atoms with E-state index < -0.39 is 17.5 Å². The summed E-state index contributed by atoms with van der Waals surface area (Å²) in [4.78, 5) is 16.1.